The summed E-state index contributed by atoms with van der Waals surface area (Å²) in [7, 11) is 0. The Kier molecular flexibility index (Phi) is 2.80. The van der Waals surface area contributed by atoms with Crippen molar-refractivity contribution in [1.29, 1.82) is 0 Å². The van der Waals surface area contributed by atoms with E-state index in [0.29, 0.717) is 5.69 Å². The van der Waals surface area contributed by atoms with Gasteiger partial charge in [-0.1, -0.05) is 30.3 Å². The third-order valence-electron chi connectivity index (χ3n) is 3.27. The fourth-order valence-electron chi connectivity index (χ4n) is 2.34. The van der Waals surface area contributed by atoms with Gasteiger partial charge in [0.05, 0.1) is 0 Å². The Bertz CT molecular complexity index is 766. The summed E-state index contributed by atoms with van der Waals surface area (Å²) in [6.45, 7) is 2.00. The maximum Gasteiger partial charge on any atom is 0.108 e. The van der Waals surface area contributed by atoms with E-state index in [0.717, 1.165) is 27.6 Å². The van der Waals surface area contributed by atoms with Gasteiger partial charge in [0.25, 0.3) is 0 Å². The monoisotopic (exact) mass is 248 g/mol. The van der Waals surface area contributed by atoms with Crippen LogP contribution in [0.15, 0.2) is 59.9 Å². The first-order valence-electron chi connectivity index (χ1n) is 6.08. The van der Waals surface area contributed by atoms with E-state index in [2.05, 4.69) is 16.2 Å². The zero-order valence-corrected chi connectivity index (χ0v) is 10.5. The molecule has 3 heteroatoms. The number of pyridine rings is 1. The van der Waals surface area contributed by atoms with E-state index < -0.39 is 0 Å². The molecular weight excluding hydrogens is 236 g/mol. The molecule has 0 unspecified atom stereocenters. The van der Waals surface area contributed by atoms with Gasteiger partial charge in [0.15, 0.2) is 0 Å². The number of rotatable bonds is 2. The van der Waals surface area contributed by atoms with Gasteiger partial charge in [-0.25, -0.2) is 0 Å². The second-order valence-corrected chi connectivity index (χ2v) is 4.44. The van der Waals surface area contributed by atoms with Crippen LogP contribution in [0.5, 0.6) is 0 Å². The molecule has 0 spiro atoms. The van der Waals surface area contributed by atoms with Crippen molar-refractivity contribution in [2.24, 2.45) is 5.18 Å². The van der Waals surface area contributed by atoms with E-state index in [1.807, 2.05) is 43.5 Å². The number of hydrogen-bond donors (Lipinski definition) is 0. The van der Waals surface area contributed by atoms with Crippen LogP contribution >= 0.6 is 0 Å². The summed E-state index contributed by atoms with van der Waals surface area (Å²) < 4.78 is 0. The summed E-state index contributed by atoms with van der Waals surface area (Å²) in [4.78, 5) is 15.0. The van der Waals surface area contributed by atoms with Gasteiger partial charge < -0.3 is 0 Å². The lowest BCUT2D eigenvalue weighted by Crippen LogP contribution is -1.86. The van der Waals surface area contributed by atoms with Crippen molar-refractivity contribution in [3.8, 4) is 11.1 Å². The molecule has 3 nitrogen and oxygen atoms in total. The van der Waals surface area contributed by atoms with Crippen LogP contribution in [0.2, 0.25) is 0 Å². The quantitative estimate of drug-likeness (QED) is 0.621. The number of hydrogen-bond acceptors (Lipinski definition) is 3. The smallest absolute Gasteiger partial charge is 0.108 e. The van der Waals surface area contributed by atoms with Crippen LogP contribution in [-0.4, -0.2) is 4.98 Å². The van der Waals surface area contributed by atoms with E-state index in [4.69, 9.17) is 0 Å². The standard InChI is InChI=1S/C16H12N2O/c1-11-14-6-3-7-15(16(14)8-9-17-11)12-4-2-5-13(10-12)18-19/h2-10H,1H3. The van der Waals surface area contributed by atoms with E-state index in [-0.39, 0.29) is 0 Å². The number of nitroso groups, excluding NO2 is 1. The van der Waals surface area contributed by atoms with Crippen LogP contribution in [0, 0.1) is 11.8 Å². The van der Waals surface area contributed by atoms with Gasteiger partial charge in [-0.15, -0.1) is 4.91 Å². The topological polar surface area (TPSA) is 42.3 Å². The molecule has 3 rings (SSSR count). The van der Waals surface area contributed by atoms with Gasteiger partial charge in [-0.05, 0) is 46.8 Å². The second kappa shape index (κ2) is 4.61. The third kappa shape index (κ3) is 1.99. The van der Waals surface area contributed by atoms with Gasteiger partial charge in [0, 0.05) is 17.3 Å². The van der Waals surface area contributed by atoms with E-state index in [9.17, 15) is 4.91 Å². The maximum atomic E-state index is 10.6. The molecule has 0 aliphatic heterocycles. The summed E-state index contributed by atoms with van der Waals surface area (Å²) >= 11 is 0. The lowest BCUT2D eigenvalue weighted by atomic mass is 9.98. The molecule has 3 aromatic rings. The average Bonchev–Trinajstić information content (AvgIpc) is 2.47. The van der Waals surface area contributed by atoms with Gasteiger partial charge in [0.1, 0.15) is 5.69 Å². The van der Waals surface area contributed by atoms with Crippen molar-refractivity contribution in [2.45, 2.75) is 6.92 Å². The van der Waals surface area contributed by atoms with Gasteiger partial charge in [-0.3, -0.25) is 4.98 Å². The molecule has 0 aliphatic carbocycles. The number of benzene rings is 2. The normalized spacial score (nSPS) is 10.6. The Morgan fingerprint density at radius 1 is 1.00 bits per heavy atom. The highest BCUT2D eigenvalue weighted by molar-refractivity contribution is 5.97. The Morgan fingerprint density at radius 3 is 2.68 bits per heavy atom. The summed E-state index contributed by atoms with van der Waals surface area (Å²) in [5.74, 6) is 0. The molecule has 0 N–H and O–H groups in total. The predicted octanol–water partition coefficient (Wildman–Crippen LogP) is 4.61. The highest BCUT2D eigenvalue weighted by Gasteiger charge is 2.06. The van der Waals surface area contributed by atoms with Crippen molar-refractivity contribution in [2.75, 3.05) is 0 Å². The zero-order chi connectivity index (χ0) is 13.2. The Labute approximate surface area is 110 Å². The van der Waals surface area contributed by atoms with Crippen LogP contribution < -0.4 is 0 Å². The number of aryl methyl sites for hydroxylation is 1. The first kappa shape index (κ1) is 11.5. The largest absolute Gasteiger partial charge is 0.261 e. The molecule has 0 saturated carbocycles. The SMILES string of the molecule is Cc1nccc2c(-c3cccc(N=O)c3)cccc12. The van der Waals surface area contributed by atoms with E-state index >= 15 is 0 Å². The van der Waals surface area contributed by atoms with Crippen LogP contribution in [0.25, 0.3) is 21.9 Å². The molecule has 0 fully saturated rings. The molecule has 19 heavy (non-hydrogen) atoms. The highest BCUT2D eigenvalue weighted by atomic mass is 16.3. The van der Waals surface area contributed by atoms with Gasteiger partial charge >= 0.3 is 0 Å². The molecular formula is C16H12N2O. The number of aromatic nitrogens is 1. The Hall–Kier alpha value is -2.55. The molecule has 2 aromatic carbocycles. The minimum absolute atomic E-state index is 0.445. The van der Waals surface area contributed by atoms with Crippen LogP contribution in [0.3, 0.4) is 0 Å². The molecule has 1 aromatic heterocycles. The maximum absolute atomic E-state index is 10.6. The van der Waals surface area contributed by atoms with Crippen molar-refractivity contribution in [3.63, 3.8) is 0 Å². The van der Waals surface area contributed by atoms with Crippen molar-refractivity contribution >= 4 is 16.5 Å². The minimum Gasteiger partial charge on any atom is -0.261 e. The second-order valence-electron chi connectivity index (χ2n) is 4.44. The Morgan fingerprint density at radius 2 is 1.84 bits per heavy atom. The first-order valence-corrected chi connectivity index (χ1v) is 6.08. The predicted molar refractivity (Wildman–Crippen MR) is 77.4 cm³/mol. The van der Waals surface area contributed by atoms with Crippen LogP contribution in [0.4, 0.5) is 5.69 Å². The molecule has 0 bridgehead atoms. The van der Waals surface area contributed by atoms with Crippen molar-refractivity contribution < 1.29 is 0 Å². The third-order valence-corrected chi connectivity index (χ3v) is 3.27. The fourth-order valence-corrected chi connectivity index (χ4v) is 2.34. The molecule has 0 saturated heterocycles. The van der Waals surface area contributed by atoms with Gasteiger partial charge in [-0.2, -0.15) is 0 Å². The molecule has 0 aliphatic rings. The van der Waals surface area contributed by atoms with Crippen LogP contribution in [0.1, 0.15) is 5.69 Å². The van der Waals surface area contributed by atoms with E-state index in [1.165, 1.54) is 0 Å². The van der Waals surface area contributed by atoms with Crippen LogP contribution in [-0.2, 0) is 0 Å². The number of fused-ring (bicyclic) bond motifs is 1. The molecule has 1 heterocycles. The van der Waals surface area contributed by atoms with Crippen molar-refractivity contribution in [1.82, 2.24) is 4.98 Å². The molecule has 0 amide bonds. The first-order chi connectivity index (χ1) is 9.29. The van der Waals surface area contributed by atoms with Gasteiger partial charge in [0.2, 0.25) is 0 Å². The minimum atomic E-state index is 0.445. The average molecular weight is 248 g/mol. The summed E-state index contributed by atoms with van der Waals surface area (Å²) in [6.07, 6.45) is 1.81. The summed E-state index contributed by atoms with van der Waals surface area (Å²) in [6, 6.07) is 15.4. The molecule has 92 valence electrons. The molecule has 0 radical (unpaired) electrons. The van der Waals surface area contributed by atoms with E-state index in [1.54, 1.807) is 12.1 Å². The number of nitrogens with zero attached hydrogens (tertiary/aromatic N) is 2. The fraction of sp³-hybridized carbons (Fsp3) is 0.0625. The summed E-state index contributed by atoms with van der Waals surface area (Å²) in [5, 5.41) is 5.26. The van der Waals surface area contributed by atoms with Crippen molar-refractivity contribution in [3.05, 3.63) is 65.3 Å². The zero-order valence-electron chi connectivity index (χ0n) is 10.5. The molecule has 0 atom stereocenters. The lowest BCUT2D eigenvalue weighted by molar-refractivity contribution is 1.24. The highest BCUT2D eigenvalue weighted by Crippen LogP contribution is 2.31. The lowest BCUT2D eigenvalue weighted by Gasteiger charge is -2.08. The summed E-state index contributed by atoms with van der Waals surface area (Å²) in [5.41, 5.74) is 3.53. The Balaban J connectivity index is 2.30.